The van der Waals surface area contributed by atoms with Gasteiger partial charge in [-0.05, 0) is 43.5 Å². The Hall–Kier alpha value is -3.54. The number of rotatable bonds is 9. The highest BCUT2D eigenvalue weighted by atomic mass is 16.2. The summed E-state index contributed by atoms with van der Waals surface area (Å²) in [5.74, 6) is -0.0614. The van der Waals surface area contributed by atoms with Crippen LogP contribution in [-0.2, 0) is 22.4 Å². The minimum absolute atomic E-state index is 0.0250. The van der Waals surface area contributed by atoms with E-state index in [2.05, 4.69) is 27.5 Å². The summed E-state index contributed by atoms with van der Waals surface area (Å²) in [5.41, 5.74) is 6.16. The monoisotopic (exact) mass is 444 g/mol. The first kappa shape index (κ1) is 22.6. The van der Waals surface area contributed by atoms with Crippen molar-refractivity contribution in [1.82, 2.24) is 20.6 Å². The Balaban J connectivity index is 1.36. The third-order valence-corrected chi connectivity index (χ3v) is 6.28. The highest BCUT2D eigenvalue weighted by Crippen LogP contribution is 2.23. The van der Waals surface area contributed by atoms with E-state index in [4.69, 9.17) is 0 Å². The van der Waals surface area contributed by atoms with Crippen LogP contribution < -0.4 is 10.6 Å². The van der Waals surface area contributed by atoms with Gasteiger partial charge in [0.15, 0.2) is 0 Å². The molecular weight excluding hydrogens is 412 g/mol. The van der Waals surface area contributed by atoms with E-state index in [-0.39, 0.29) is 17.9 Å². The Morgan fingerprint density at radius 2 is 1.33 bits per heavy atom. The minimum atomic E-state index is -0.0963. The van der Waals surface area contributed by atoms with Gasteiger partial charge in [0.1, 0.15) is 0 Å². The van der Waals surface area contributed by atoms with Gasteiger partial charge in [-0.15, -0.1) is 0 Å². The topological polar surface area (TPSA) is 89.8 Å². The van der Waals surface area contributed by atoms with Crippen LogP contribution in [-0.4, -0.2) is 34.4 Å². The van der Waals surface area contributed by atoms with Crippen LogP contribution in [0.5, 0.6) is 0 Å². The Morgan fingerprint density at radius 1 is 0.818 bits per heavy atom. The fourth-order valence-corrected chi connectivity index (χ4v) is 4.60. The molecule has 1 unspecified atom stereocenters. The maximum Gasteiger partial charge on any atom is 0.224 e. The molecule has 0 aliphatic carbocycles. The van der Waals surface area contributed by atoms with Gasteiger partial charge < -0.3 is 20.6 Å². The second-order valence-electron chi connectivity index (χ2n) is 8.76. The second kappa shape index (κ2) is 9.94. The summed E-state index contributed by atoms with van der Waals surface area (Å²) in [6, 6.07) is 16.0. The van der Waals surface area contributed by atoms with Gasteiger partial charge in [0, 0.05) is 45.8 Å². The molecule has 0 radical (unpaired) electrons. The number of aromatic amines is 2. The SMILES string of the molecule is CCCC(CNC(=O)Cc1c(C)[nH]c2ccccc12)NC(=O)Cc1c(C)[nH]c2ccccc12. The van der Waals surface area contributed by atoms with E-state index in [1.165, 1.54) is 0 Å². The van der Waals surface area contributed by atoms with Crippen molar-refractivity contribution < 1.29 is 9.59 Å². The van der Waals surface area contributed by atoms with Crippen molar-refractivity contribution in [3.8, 4) is 0 Å². The number of fused-ring (bicyclic) bond motifs is 2. The molecule has 172 valence electrons. The quantitative estimate of drug-likeness (QED) is 0.307. The predicted octanol–water partition coefficient (Wildman–Crippen LogP) is 4.45. The van der Waals surface area contributed by atoms with Crippen molar-refractivity contribution in [3.05, 3.63) is 71.0 Å². The Morgan fingerprint density at radius 3 is 1.88 bits per heavy atom. The number of carbonyl (C=O) groups is 2. The molecular formula is C27H32N4O2. The van der Waals surface area contributed by atoms with E-state index in [1.54, 1.807) is 0 Å². The molecule has 2 aromatic heterocycles. The van der Waals surface area contributed by atoms with Crippen LogP contribution >= 0.6 is 0 Å². The van der Waals surface area contributed by atoms with Crippen molar-refractivity contribution in [2.75, 3.05) is 6.54 Å². The summed E-state index contributed by atoms with van der Waals surface area (Å²) >= 11 is 0. The fraction of sp³-hybridized carbons (Fsp3) is 0.333. The summed E-state index contributed by atoms with van der Waals surface area (Å²) in [7, 11) is 0. The first-order valence-electron chi connectivity index (χ1n) is 11.6. The molecule has 0 saturated carbocycles. The van der Waals surface area contributed by atoms with Gasteiger partial charge in [0.05, 0.1) is 12.8 Å². The van der Waals surface area contributed by atoms with E-state index in [0.29, 0.717) is 19.4 Å². The van der Waals surface area contributed by atoms with E-state index in [9.17, 15) is 9.59 Å². The highest BCUT2D eigenvalue weighted by molar-refractivity contribution is 5.91. The van der Waals surface area contributed by atoms with Crippen LogP contribution in [0.3, 0.4) is 0 Å². The molecule has 2 aromatic carbocycles. The molecule has 0 aliphatic heterocycles. The number of benzene rings is 2. The summed E-state index contributed by atoms with van der Waals surface area (Å²) < 4.78 is 0. The molecule has 33 heavy (non-hydrogen) atoms. The lowest BCUT2D eigenvalue weighted by Gasteiger charge is -2.19. The van der Waals surface area contributed by atoms with Crippen molar-refractivity contribution in [1.29, 1.82) is 0 Å². The smallest absolute Gasteiger partial charge is 0.224 e. The van der Waals surface area contributed by atoms with E-state index in [1.807, 2.05) is 62.4 Å². The molecule has 0 aliphatic rings. The molecule has 0 spiro atoms. The lowest BCUT2D eigenvalue weighted by Crippen LogP contribution is -2.44. The molecule has 6 nitrogen and oxygen atoms in total. The first-order chi connectivity index (χ1) is 16.0. The van der Waals surface area contributed by atoms with Gasteiger partial charge >= 0.3 is 0 Å². The molecule has 2 heterocycles. The van der Waals surface area contributed by atoms with Gasteiger partial charge in [0.25, 0.3) is 0 Å². The molecule has 0 saturated heterocycles. The van der Waals surface area contributed by atoms with Crippen LogP contribution in [0, 0.1) is 13.8 Å². The minimum Gasteiger partial charge on any atom is -0.358 e. The van der Waals surface area contributed by atoms with Gasteiger partial charge in [-0.25, -0.2) is 0 Å². The average molecular weight is 445 g/mol. The lowest BCUT2D eigenvalue weighted by atomic mass is 10.1. The van der Waals surface area contributed by atoms with Gasteiger partial charge in [0.2, 0.25) is 11.8 Å². The van der Waals surface area contributed by atoms with Gasteiger partial charge in [-0.2, -0.15) is 0 Å². The number of hydrogen-bond donors (Lipinski definition) is 4. The third-order valence-electron chi connectivity index (χ3n) is 6.28. The summed E-state index contributed by atoms with van der Waals surface area (Å²) in [5, 5.41) is 8.32. The van der Waals surface area contributed by atoms with Crippen molar-refractivity contribution in [2.45, 2.75) is 52.5 Å². The van der Waals surface area contributed by atoms with E-state index < -0.39 is 0 Å². The Kier molecular flexibility index (Phi) is 6.82. The maximum absolute atomic E-state index is 12.8. The Labute approximate surface area is 194 Å². The Bertz CT molecular complexity index is 1280. The van der Waals surface area contributed by atoms with Crippen LogP contribution in [0.2, 0.25) is 0 Å². The molecule has 6 heteroatoms. The van der Waals surface area contributed by atoms with Crippen LogP contribution in [0.15, 0.2) is 48.5 Å². The summed E-state index contributed by atoms with van der Waals surface area (Å²) in [4.78, 5) is 32.2. The van der Waals surface area contributed by atoms with Crippen LogP contribution in [0.4, 0.5) is 0 Å². The molecule has 0 fully saturated rings. The van der Waals surface area contributed by atoms with Crippen LogP contribution in [0.25, 0.3) is 21.8 Å². The number of carbonyl (C=O) groups excluding carboxylic acids is 2. The number of para-hydroxylation sites is 2. The molecule has 4 N–H and O–H groups in total. The van der Waals surface area contributed by atoms with Crippen molar-refractivity contribution >= 4 is 33.6 Å². The normalized spacial score (nSPS) is 12.2. The number of amides is 2. The first-order valence-corrected chi connectivity index (χ1v) is 11.6. The molecule has 2 amide bonds. The number of hydrogen-bond acceptors (Lipinski definition) is 2. The predicted molar refractivity (Wildman–Crippen MR) is 133 cm³/mol. The summed E-state index contributed by atoms with van der Waals surface area (Å²) in [6.45, 7) is 6.50. The van der Waals surface area contributed by atoms with Crippen LogP contribution in [0.1, 0.15) is 42.3 Å². The fourth-order valence-electron chi connectivity index (χ4n) is 4.60. The zero-order valence-electron chi connectivity index (χ0n) is 19.5. The van der Waals surface area contributed by atoms with Gasteiger partial charge in [-0.1, -0.05) is 49.7 Å². The van der Waals surface area contributed by atoms with Gasteiger partial charge in [-0.3, -0.25) is 9.59 Å². The lowest BCUT2D eigenvalue weighted by molar-refractivity contribution is -0.123. The maximum atomic E-state index is 12.8. The van der Waals surface area contributed by atoms with E-state index >= 15 is 0 Å². The number of H-pyrrole nitrogens is 2. The number of aryl methyl sites for hydroxylation is 2. The standard InChI is InChI=1S/C27H32N4O2/c1-4-9-19(31-27(33)15-23-18(3)30-25-13-8-6-11-21(23)25)16-28-26(32)14-22-17(2)29-24-12-7-5-10-20(22)24/h5-8,10-13,19,29-30H,4,9,14-16H2,1-3H3,(H,28,32)(H,31,33). The highest BCUT2D eigenvalue weighted by Gasteiger charge is 2.18. The van der Waals surface area contributed by atoms with E-state index in [0.717, 1.165) is 57.2 Å². The number of nitrogens with one attached hydrogen (secondary N) is 4. The molecule has 1 atom stereocenters. The largest absolute Gasteiger partial charge is 0.358 e. The second-order valence-corrected chi connectivity index (χ2v) is 8.76. The zero-order chi connectivity index (χ0) is 23.4. The van der Waals surface area contributed by atoms with Crippen molar-refractivity contribution in [3.63, 3.8) is 0 Å². The average Bonchev–Trinajstić information content (AvgIpc) is 3.28. The van der Waals surface area contributed by atoms with Crippen molar-refractivity contribution in [2.24, 2.45) is 0 Å². The molecule has 4 rings (SSSR count). The summed E-state index contributed by atoms with van der Waals surface area (Å²) in [6.07, 6.45) is 2.37. The molecule has 4 aromatic rings. The number of aromatic nitrogens is 2. The molecule has 0 bridgehead atoms. The zero-order valence-corrected chi connectivity index (χ0v) is 19.5. The third kappa shape index (κ3) is 5.11.